The van der Waals surface area contributed by atoms with Gasteiger partial charge in [0.2, 0.25) is 5.91 Å². The first-order chi connectivity index (χ1) is 15.0. The highest BCUT2D eigenvalue weighted by atomic mass is 35.5. The van der Waals surface area contributed by atoms with E-state index in [9.17, 15) is 14.0 Å². The number of likely N-dealkylation sites (tertiary alicyclic amines) is 1. The number of carbonyl (C=O) groups is 2. The van der Waals surface area contributed by atoms with E-state index in [4.69, 9.17) is 16.3 Å². The lowest BCUT2D eigenvalue weighted by molar-refractivity contribution is -0.128. The Kier molecular flexibility index (Phi) is 8.35. The zero-order chi connectivity index (χ0) is 22.1. The maximum absolute atomic E-state index is 12.0. The van der Waals surface area contributed by atoms with E-state index < -0.39 is 0 Å². The molecule has 2 aromatic carbocycles. The van der Waals surface area contributed by atoms with Crippen LogP contribution in [-0.2, 0) is 11.3 Å². The van der Waals surface area contributed by atoms with Gasteiger partial charge in [-0.25, -0.2) is 9.18 Å². The standard InChI is InChI=1S/C16H22N4O3.C6H4ClF/c21-15(20-6-1-2-7-20)11-19-16(22)18-10-12-3-4-13-14(9-12)23-8-5-17-13;7-5-1-3-6(8)4-2-5/h3-4,9,17H,1-2,5-8,10-11H2,(H2,18,19,22);1-4H. The molecule has 0 spiro atoms. The molecular formula is C22H26ClFN4O3. The Bertz CT molecular complexity index is 868. The maximum Gasteiger partial charge on any atom is 0.315 e. The average Bonchev–Trinajstić information content (AvgIpc) is 3.33. The first-order valence-electron chi connectivity index (χ1n) is 10.2. The van der Waals surface area contributed by atoms with Crippen LogP contribution in [0.5, 0.6) is 5.75 Å². The number of halogens is 2. The summed E-state index contributed by atoms with van der Waals surface area (Å²) >= 11 is 5.44. The Morgan fingerprint density at radius 3 is 2.55 bits per heavy atom. The van der Waals surface area contributed by atoms with Gasteiger partial charge in [0.05, 0.1) is 12.2 Å². The summed E-state index contributed by atoms with van der Waals surface area (Å²) in [5, 5.41) is 9.17. The smallest absolute Gasteiger partial charge is 0.315 e. The molecule has 1 saturated heterocycles. The predicted octanol–water partition coefficient (Wildman–Crippen LogP) is 3.39. The third-order valence-electron chi connectivity index (χ3n) is 4.84. The molecule has 2 heterocycles. The van der Waals surface area contributed by atoms with Crippen molar-refractivity contribution >= 4 is 29.2 Å². The number of ether oxygens (including phenoxy) is 1. The molecule has 0 aliphatic carbocycles. The fourth-order valence-corrected chi connectivity index (χ4v) is 3.32. The van der Waals surface area contributed by atoms with Crippen molar-refractivity contribution in [3.05, 3.63) is 58.9 Å². The second-order valence-electron chi connectivity index (χ2n) is 7.17. The summed E-state index contributed by atoms with van der Waals surface area (Å²) in [6.45, 7) is 3.47. The molecule has 0 unspecified atom stereocenters. The molecule has 0 bridgehead atoms. The number of fused-ring (bicyclic) bond motifs is 1. The molecule has 3 N–H and O–H groups in total. The highest BCUT2D eigenvalue weighted by molar-refractivity contribution is 6.30. The average molecular weight is 449 g/mol. The summed E-state index contributed by atoms with van der Waals surface area (Å²) in [4.78, 5) is 25.4. The quantitative estimate of drug-likeness (QED) is 0.669. The van der Waals surface area contributed by atoms with E-state index >= 15 is 0 Å². The summed E-state index contributed by atoms with van der Waals surface area (Å²) in [6, 6.07) is 11.1. The van der Waals surface area contributed by atoms with Crippen LogP contribution in [0.25, 0.3) is 0 Å². The van der Waals surface area contributed by atoms with Crippen molar-refractivity contribution in [2.75, 3.05) is 38.1 Å². The van der Waals surface area contributed by atoms with Crippen LogP contribution >= 0.6 is 11.6 Å². The number of anilines is 1. The van der Waals surface area contributed by atoms with Gasteiger partial charge >= 0.3 is 6.03 Å². The highest BCUT2D eigenvalue weighted by Crippen LogP contribution is 2.27. The van der Waals surface area contributed by atoms with Crippen LogP contribution in [-0.4, -0.2) is 49.6 Å². The van der Waals surface area contributed by atoms with Gasteiger partial charge in [-0.3, -0.25) is 4.79 Å². The van der Waals surface area contributed by atoms with Crippen molar-refractivity contribution in [2.24, 2.45) is 0 Å². The minimum Gasteiger partial charge on any atom is -0.490 e. The van der Waals surface area contributed by atoms with E-state index in [2.05, 4.69) is 16.0 Å². The van der Waals surface area contributed by atoms with Crippen LogP contribution in [0.15, 0.2) is 42.5 Å². The van der Waals surface area contributed by atoms with Crippen molar-refractivity contribution in [1.82, 2.24) is 15.5 Å². The molecule has 2 aromatic rings. The van der Waals surface area contributed by atoms with E-state index in [1.54, 1.807) is 4.90 Å². The highest BCUT2D eigenvalue weighted by Gasteiger charge is 2.18. The predicted molar refractivity (Wildman–Crippen MR) is 118 cm³/mol. The minimum atomic E-state index is -0.339. The molecule has 7 nitrogen and oxygen atoms in total. The van der Waals surface area contributed by atoms with E-state index in [1.807, 2.05) is 18.2 Å². The van der Waals surface area contributed by atoms with Gasteiger partial charge in [-0.1, -0.05) is 17.7 Å². The third kappa shape index (κ3) is 7.32. The molecule has 31 heavy (non-hydrogen) atoms. The van der Waals surface area contributed by atoms with Gasteiger partial charge in [-0.05, 0) is 54.8 Å². The maximum atomic E-state index is 12.0. The molecule has 9 heteroatoms. The van der Waals surface area contributed by atoms with E-state index in [0.29, 0.717) is 18.2 Å². The van der Waals surface area contributed by atoms with Gasteiger partial charge in [0.25, 0.3) is 0 Å². The van der Waals surface area contributed by atoms with E-state index in [0.717, 1.165) is 49.5 Å². The van der Waals surface area contributed by atoms with Gasteiger partial charge in [-0.2, -0.15) is 0 Å². The number of nitrogens with zero attached hydrogens (tertiary/aromatic N) is 1. The molecule has 2 aliphatic heterocycles. The van der Waals surface area contributed by atoms with Gasteiger partial charge in [0, 0.05) is 31.2 Å². The molecule has 1 fully saturated rings. The summed E-state index contributed by atoms with van der Waals surface area (Å²) in [5.74, 6) is 0.528. The lowest BCUT2D eigenvalue weighted by Crippen LogP contribution is -2.42. The minimum absolute atomic E-state index is 0.0223. The van der Waals surface area contributed by atoms with Crippen molar-refractivity contribution in [1.29, 1.82) is 0 Å². The number of nitrogens with one attached hydrogen (secondary N) is 3. The number of benzene rings is 2. The van der Waals surface area contributed by atoms with Crippen LogP contribution in [0.4, 0.5) is 14.9 Å². The molecule has 4 rings (SSSR count). The molecule has 0 radical (unpaired) electrons. The number of rotatable bonds is 4. The summed E-state index contributed by atoms with van der Waals surface area (Å²) in [5.41, 5.74) is 1.93. The fourth-order valence-electron chi connectivity index (χ4n) is 3.20. The number of hydrogen-bond acceptors (Lipinski definition) is 4. The number of amides is 3. The Balaban J connectivity index is 0.000000287. The van der Waals surface area contributed by atoms with Crippen LogP contribution in [0, 0.1) is 5.82 Å². The largest absolute Gasteiger partial charge is 0.490 e. The number of hydrogen-bond donors (Lipinski definition) is 3. The molecular weight excluding hydrogens is 423 g/mol. The Morgan fingerprint density at radius 2 is 1.84 bits per heavy atom. The molecule has 0 atom stereocenters. The van der Waals surface area contributed by atoms with Crippen molar-refractivity contribution < 1.29 is 18.7 Å². The molecule has 2 aliphatic rings. The lowest BCUT2D eigenvalue weighted by atomic mass is 10.1. The summed E-state index contributed by atoms with van der Waals surface area (Å²) in [7, 11) is 0. The van der Waals surface area contributed by atoms with Gasteiger partial charge in [-0.15, -0.1) is 0 Å². The first-order valence-corrected chi connectivity index (χ1v) is 10.6. The SMILES string of the molecule is Fc1ccc(Cl)cc1.O=C(NCC(=O)N1CCCC1)NCc1ccc2c(c1)OCCN2. The van der Waals surface area contributed by atoms with Crippen LogP contribution in [0.1, 0.15) is 18.4 Å². The van der Waals surface area contributed by atoms with Crippen molar-refractivity contribution in [3.8, 4) is 5.75 Å². The number of urea groups is 1. The zero-order valence-electron chi connectivity index (χ0n) is 17.1. The van der Waals surface area contributed by atoms with Crippen LogP contribution in [0.2, 0.25) is 5.02 Å². The van der Waals surface area contributed by atoms with Crippen LogP contribution in [0.3, 0.4) is 0 Å². The second-order valence-corrected chi connectivity index (χ2v) is 7.60. The summed E-state index contributed by atoms with van der Waals surface area (Å²) < 4.78 is 17.6. The second kappa shape index (κ2) is 11.4. The molecule has 3 amide bonds. The molecule has 0 aromatic heterocycles. The topological polar surface area (TPSA) is 82.7 Å². The monoisotopic (exact) mass is 448 g/mol. The summed E-state index contributed by atoms with van der Waals surface area (Å²) in [6.07, 6.45) is 2.10. The van der Waals surface area contributed by atoms with Gasteiger partial charge in [0.15, 0.2) is 0 Å². The van der Waals surface area contributed by atoms with Crippen molar-refractivity contribution in [3.63, 3.8) is 0 Å². The zero-order valence-corrected chi connectivity index (χ0v) is 17.9. The fraction of sp³-hybridized carbons (Fsp3) is 0.364. The Labute approximate surface area is 185 Å². The molecule has 0 saturated carbocycles. The number of carbonyl (C=O) groups excluding carboxylic acids is 2. The molecule has 166 valence electrons. The van der Waals surface area contributed by atoms with E-state index in [-0.39, 0.29) is 24.3 Å². The van der Waals surface area contributed by atoms with E-state index in [1.165, 1.54) is 24.3 Å². The lowest BCUT2D eigenvalue weighted by Gasteiger charge is -2.20. The van der Waals surface area contributed by atoms with Crippen molar-refractivity contribution in [2.45, 2.75) is 19.4 Å². The third-order valence-corrected chi connectivity index (χ3v) is 5.09. The van der Waals surface area contributed by atoms with Gasteiger partial charge in [0.1, 0.15) is 18.2 Å². The van der Waals surface area contributed by atoms with Crippen LogP contribution < -0.4 is 20.7 Å². The Hall–Kier alpha value is -3.00. The normalized spacial score (nSPS) is 14.3. The van der Waals surface area contributed by atoms with Gasteiger partial charge < -0.3 is 25.6 Å². The Morgan fingerprint density at radius 1 is 1.10 bits per heavy atom. The first kappa shape index (κ1) is 22.7.